The Morgan fingerprint density at radius 2 is 1.53 bits per heavy atom. The topological polar surface area (TPSA) is 92.3 Å². The summed E-state index contributed by atoms with van der Waals surface area (Å²) in [7, 11) is 1.66. The van der Waals surface area contributed by atoms with E-state index in [-0.39, 0.29) is 30.4 Å². The number of rotatable bonds is 19. The van der Waals surface area contributed by atoms with Gasteiger partial charge in [0.1, 0.15) is 23.7 Å². The first-order chi connectivity index (χ1) is 21.4. The van der Waals surface area contributed by atoms with E-state index < -0.39 is 17.7 Å². The van der Waals surface area contributed by atoms with Crippen LogP contribution in [0.3, 0.4) is 0 Å². The average molecular weight is 626 g/mol. The number of benzene rings is 2. The first kappa shape index (κ1) is 37.8. The Labute approximate surface area is 270 Å². The van der Waals surface area contributed by atoms with Gasteiger partial charge in [0.2, 0.25) is 0 Å². The molecule has 250 valence electrons. The molecule has 0 aliphatic heterocycles. The van der Waals surface area contributed by atoms with Crippen molar-refractivity contribution in [1.82, 2.24) is 5.32 Å². The number of methoxy groups -OCH3 is 1. The molecule has 0 unspecified atom stereocenters. The molecular weight excluding hydrogens is 570 g/mol. The van der Waals surface area contributed by atoms with Crippen LogP contribution in [-0.2, 0) is 37.0 Å². The molecule has 0 fully saturated rings. The Morgan fingerprint density at radius 3 is 2.13 bits per heavy atom. The highest BCUT2D eigenvalue weighted by Gasteiger charge is 2.29. The van der Waals surface area contributed by atoms with Crippen molar-refractivity contribution in [2.24, 2.45) is 11.8 Å². The van der Waals surface area contributed by atoms with Crippen LogP contribution in [-0.4, -0.2) is 43.6 Å². The van der Waals surface area contributed by atoms with Crippen molar-refractivity contribution in [3.8, 4) is 5.75 Å². The van der Waals surface area contributed by atoms with Crippen LogP contribution in [0, 0.1) is 11.8 Å². The SMILES string of the molecule is CCCO[C@@H](CC/C=C(\NC(=O)OC(C)(C)C)C(=O)OCc1ccccc1)[C@@H](CCC(C)C)[C@H](C)OCc1ccc(OC)cc1. The highest BCUT2D eigenvalue weighted by atomic mass is 16.6. The van der Waals surface area contributed by atoms with Crippen molar-refractivity contribution >= 4 is 12.1 Å². The minimum absolute atomic E-state index is 0.0527. The Morgan fingerprint density at radius 1 is 0.867 bits per heavy atom. The summed E-state index contributed by atoms with van der Waals surface area (Å²) in [6.45, 7) is 15.2. The van der Waals surface area contributed by atoms with Gasteiger partial charge in [-0.2, -0.15) is 0 Å². The molecule has 0 saturated carbocycles. The van der Waals surface area contributed by atoms with Gasteiger partial charge in [0.05, 0.1) is 25.9 Å². The molecule has 2 aromatic carbocycles. The lowest BCUT2D eigenvalue weighted by molar-refractivity contribution is -0.140. The monoisotopic (exact) mass is 625 g/mol. The number of carbonyl (C=O) groups is 2. The van der Waals surface area contributed by atoms with E-state index in [0.717, 1.165) is 36.1 Å². The molecular formula is C37H55NO7. The van der Waals surface area contributed by atoms with Crippen LogP contribution in [0.5, 0.6) is 5.75 Å². The minimum atomic E-state index is -0.714. The fourth-order valence-electron chi connectivity index (χ4n) is 4.80. The Kier molecular flexibility index (Phi) is 16.7. The molecule has 0 heterocycles. The maximum absolute atomic E-state index is 13.1. The zero-order valence-electron chi connectivity index (χ0n) is 28.6. The van der Waals surface area contributed by atoms with Crippen molar-refractivity contribution < 1.29 is 33.3 Å². The lowest BCUT2D eigenvalue weighted by Gasteiger charge is -2.32. The molecule has 0 aliphatic carbocycles. The van der Waals surface area contributed by atoms with E-state index in [2.05, 4.69) is 33.0 Å². The third kappa shape index (κ3) is 15.5. The maximum atomic E-state index is 13.1. The van der Waals surface area contributed by atoms with Gasteiger partial charge < -0.3 is 23.7 Å². The molecule has 8 nitrogen and oxygen atoms in total. The summed E-state index contributed by atoms with van der Waals surface area (Å²) in [6.07, 6.45) is 4.85. The zero-order valence-corrected chi connectivity index (χ0v) is 28.6. The number of hydrogen-bond donors (Lipinski definition) is 1. The van der Waals surface area contributed by atoms with E-state index in [1.54, 1.807) is 34.0 Å². The second-order valence-electron chi connectivity index (χ2n) is 12.8. The van der Waals surface area contributed by atoms with Crippen LogP contribution in [0.2, 0.25) is 0 Å². The number of alkyl carbamates (subject to hydrolysis) is 1. The number of allylic oxidation sites excluding steroid dienone is 1. The highest BCUT2D eigenvalue weighted by Crippen LogP contribution is 2.28. The summed E-state index contributed by atoms with van der Waals surface area (Å²) in [5.41, 5.74) is 1.27. The summed E-state index contributed by atoms with van der Waals surface area (Å²) in [5, 5.41) is 2.62. The van der Waals surface area contributed by atoms with Gasteiger partial charge in [0.15, 0.2) is 0 Å². The number of amides is 1. The van der Waals surface area contributed by atoms with Crippen molar-refractivity contribution in [3.05, 3.63) is 77.5 Å². The van der Waals surface area contributed by atoms with Gasteiger partial charge in [-0.15, -0.1) is 0 Å². The minimum Gasteiger partial charge on any atom is -0.497 e. The summed E-state index contributed by atoms with van der Waals surface area (Å²) in [5.74, 6) is 0.866. The number of ether oxygens (including phenoxy) is 5. The quantitative estimate of drug-likeness (QED) is 0.124. The largest absolute Gasteiger partial charge is 0.497 e. The second-order valence-corrected chi connectivity index (χ2v) is 12.8. The van der Waals surface area contributed by atoms with E-state index in [1.807, 2.05) is 54.6 Å². The fraction of sp³-hybridized carbons (Fsp3) is 0.568. The third-order valence-corrected chi connectivity index (χ3v) is 7.23. The average Bonchev–Trinajstić information content (AvgIpc) is 3.00. The molecule has 1 amide bonds. The van der Waals surface area contributed by atoms with Crippen LogP contribution in [0.1, 0.15) is 91.7 Å². The van der Waals surface area contributed by atoms with Crippen LogP contribution >= 0.6 is 0 Å². The molecule has 2 rings (SSSR count). The molecule has 0 saturated heterocycles. The predicted octanol–water partition coefficient (Wildman–Crippen LogP) is 8.38. The molecule has 3 atom stereocenters. The summed E-state index contributed by atoms with van der Waals surface area (Å²) in [4.78, 5) is 25.8. The van der Waals surface area contributed by atoms with Crippen molar-refractivity contribution in [3.63, 3.8) is 0 Å². The normalized spacial score (nSPS) is 14.0. The molecule has 0 radical (unpaired) electrons. The number of esters is 1. The molecule has 45 heavy (non-hydrogen) atoms. The first-order valence-electron chi connectivity index (χ1n) is 16.2. The van der Waals surface area contributed by atoms with Gasteiger partial charge in [-0.3, -0.25) is 5.32 Å². The molecule has 0 aliphatic rings. The zero-order chi connectivity index (χ0) is 33.2. The standard InChI is InChI=1S/C37H55NO7/c1-9-24-42-34(32(23-18-27(2)3)28(4)43-25-30-19-21-31(41-8)22-20-30)17-13-16-33(38-36(40)45-37(5,6)7)35(39)44-26-29-14-11-10-12-15-29/h10-12,14-16,19-22,27-28,32,34H,9,13,17-18,23-26H2,1-8H3,(H,38,40)/b33-16-/t28-,32-,34-/m0/s1. The van der Waals surface area contributed by atoms with Crippen LogP contribution in [0.25, 0.3) is 0 Å². The van der Waals surface area contributed by atoms with E-state index in [4.69, 9.17) is 23.7 Å². The highest BCUT2D eigenvalue weighted by molar-refractivity contribution is 5.92. The summed E-state index contributed by atoms with van der Waals surface area (Å²) in [6, 6.07) is 17.3. The van der Waals surface area contributed by atoms with Gasteiger partial charge in [-0.05, 0) is 82.6 Å². The van der Waals surface area contributed by atoms with E-state index >= 15 is 0 Å². The smallest absolute Gasteiger partial charge is 0.412 e. The molecule has 8 heteroatoms. The van der Waals surface area contributed by atoms with Crippen molar-refractivity contribution in [2.45, 2.75) is 112 Å². The van der Waals surface area contributed by atoms with Gasteiger partial charge in [0.25, 0.3) is 0 Å². The molecule has 0 aromatic heterocycles. The Bertz CT molecular complexity index is 1160. The third-order valence-electron chi connectivity index (χ3n) is 7.23. The first-order valence-corrected chi connectivity index (χ1v) is 16.2. The van der Waals surface area contributed by atoms with E-state index in [0.29, 0.717) is 32.0 Å². The number of nitrogens with one attached hydrogen (secondary N) is 1. The van der Waals surface area contributed by atoms with Crippen molar-refractivity contribution in [1.29, 1.82) is 0 Å². The van der Waals surface area contributed by atoms with Crippen LogP contribution < -0.4 is 10.1 Å². The Balaban J connectivity index is 2.20. The van der Waals surface area contributed by atoms with Gasteiger partial charge in [-0.25, -0.2) is 9.59 Å². The molecule has 2 aromatic rings. The second kappa shape index (κ2) is 19.9. The van der Waals surface area contributed by atoms with Gasteiger partial charge >= 0.3 is 12.1 Å². The van der Waals surface area contributed by atoms with Crippen molar-refractivity contribution in [2.75, 3.05) is 13.7 Å². The maximum Gasteiger partial charge on any atom is 0.412 e. The molecule has 0 spiro atoms. The van der Waals surface area contributed by atoms with E-state index in [9.17, 15) is 9.59 Å². The lowest BCUT2D eigenvalue weighted by atomic mass is 9.86. The fourth-order valence-corrected chi connectivity index (χ4v) is 4.80. The lowest BCUT2D eigenvalue weighted by Crippen LogP contribution is -2.35. The number of carbonyl (C=O) groups excluding carboxylic acids is 2. The van der Waals surface area contributed by atoms with Gasteiger partial charge in [0, 0.05) is 12.5 Å². The van der Waals surface area contributed by atoms with E-state index in [1.165, 1.54) is 0 Å². The molecule has 0 bridgehead atoms. The van der Waals surface area contributed by atoms with Gasteiger partial charge in [-0.1, -0.05) is 75.7 Å². The molecule has 1 N–H and O–H groups in total. The summed E-state index contributed by atoms with van der Waals surface area (Å²) < 4.78 is 29.1. The summed E-state index contributed by atoms with van der Waals surface area (Å²) >= 11 is 0. The predicted molar refractivity (Wildman–Crippen MR) is 178 cm³/mol. The number of hydrogen-bond acceptors (Lipinski definition) is 7. The van der Waals surface area contributed by atoms with Crippen LogP contribution in [0.4, 0.5) is 4.79 Å². The Hall–Kier alpha value is -3.36. The van der Waals surface area contributed by atoms with Crippen LogP contribution in [0.15, 0.2) is 66.4 Å².